The van der Waals surface area contributed by atoms with Crippen LogP contribution in [0.5, 0.6) is 0 Å². The predicted molar refractivity (Wildman–Crippen MR) is 200 cm³/mol. The molecule has 0 radical (unpaired) electrons. The van der Waals surface area contributed by atoms with Gasteiger partial charge in [-0.15, -0.1) is 0 Å². The lowest BCUT2D eigenvalue weighted by Gasteiger charge is -2.34. The molecule has 48 heavy (non-hydrogen) atoms. The molecule has 12 heteroatoms. The number of aliphatic carboxylic acids is 1. The summed E-state index contributed by atoms with van der Waals surface area (Å²) in [5.41, 5.74) is 0. The highest BCUT2D eigenvalue weighted by Crippen LogP contribution is 2.27. The molecule has 282 valence electrons. The van der Waals surface area contributed by atoms with Gasteiger partial charge in [0.15, 0.2) is 0 Å². The summed E-state index contributed by atoms with van der Waals surface area (Å²) in [6.07, 6.45) is 26.5. The average Bonchev–Trinajstić information content (AvgIpc) is 3.11. The maximum absolute atomic E-state index is 10.7. The summed E-state index contributed by atoms with van der Waals surface area (Å²) in [5.74, 6) is 1.40. The summed E-state index contributed by atoms with van der Waals surface area (Å²) >= 11 is 5.24. The number of thioether (sulfide) groups is 1. The van der Waals surface area contributed by atoms with Gasteiger partial charge in [-0.2, -0.15) is 34.0 Å². The van der Waals surface area contributed by atoms with E-state index in [0.29, 0.717) is 12.1 Å². The maximum atomic E-state index is 10.7. The molecule has 0 aromatic carbocycles. The van der Waals surface area contributed by atoms with E-state index in [1.165, 1.54) is 136 Å². The minimum Gasteiger partial charge on any atom is -0.481 e. The zero-order chi connectivity index (χ0) is 36.7. The number of quaternary nitrogens is 1. The highest BCUT2D eigenvalue weighted by Gasteiger charge is 2.16. The number of likely N-dealkylation sites (tertiary alicyclic amines) is 2. The van der Waals surface area contributed by atoms with Crippen LogP contribution in [0.25, 0.3) is 0 Å². The van der Waals surface area contributed by atoms with Crippen LogP contribution in [0.4, 0.5) is 0 Å². The van der Waals surface area contributed by atoms with Gasteiger partial charge in [0.1, 0.15) is 24.3 Å². The fraction of sp³-hybridized carbons (Fsp3) is 0.861. The number of nitrogens with two attached hydrogens (primary N) is 1. The van der Waals surface area contributed by atoms with Crippen molar-refractivity contribution >= 4 is 54.4 Å². The largest absolute Gasteiger partial charge is 0.481 e. The van der Waals surface area contributed by atoms with Crippen LogP contribution in [-0.4, -0.2) is 109 Å². The molecule has 1 aliphatic carbocycles. The first kappa shape index (κ1) is 50.8. The van der Waals surface area contributed by atoms with Crippen LogP contribution in [0.2, 0.25) is 0 Å². The molecule has 0 bridgehead atoms. The van der Waals surface area contributed by atoms with Gasteiger partial charge in [-0.3, -0.25) is 19.4 Å². The SMILES string of the molecule is C1CCN(CN2CCCCC2)CC1.C1CC[NH2+]CC1.CC(=O)CCC1CCCCC1.CS.CSCCC(C)=O.O=C=O.O=CCC(=O)O. The number of hydrogen-bond acceptors (Lipinski definition) is 10. The number of carbonyl (C=O) groups is 4. The number of piperidine rings is 3. The Bertz CT molecular complexity index is 750. The summed E-state index contributed by atoms with van der Waals surface area (Å²) < 4.78 is 0. The van der Waals surface area contributed by atoms with Crippen molar-refractivity contribution in [2.75, 3.05) is 64.2 Å². The minimum atomic E-state index is -1.08. The first-order valence-corrected chi connectivity index (χ1v) is 20.3. The molecule has 0 aromatic rings. The summed E-state index contributed by atoms with van der Waals surface area (Å²) in [5, 5.41) is 10.1. The third kappa shape index (κ3) is 42.5. The molecule has 0 spiro atoms. The van der Waals surface area contributed by atoms with E-state index in [1.54, 1.807) is 31.9 Å². The highest BCUT2D eigenvalue weighted by atomic mass is 32.2. The molecule has 10 nitrogen and oxygen atoms in total. The Morgan fingerprint density at radius 3 is 1.46 bits per heavy atom. The van der Waals surface area contributed by atoms with Crippen LogP contribution >= 0.6 is 24.4 Å². The Labute approximate surface area is 302 Å². The number of rotatable bonds is 10. The van der Waals surface area contributed by atoms with Gasteiger partial charge in [-0.25, -0.2) is 0 Å². The average molecular weight is 721 g/mol. The lowest BCUT2D eigenvalue weighted by Crippen LogP contribution is -2.85. The summed E-state index contributed by atoms with van der Waals surface area (Å²) in [4.78, 5) is 61.0. The number of carboxylic acids is 1. The zero-order valence-electron chi connectivity index (χ0n) is 30.8. The van der Waals surface area contributed by atoms with Crippen LogP contribution in [0, 0.1) is 5.92 Å². The number of aldehydes is 1. The van der Waals surface area contributed by atoms with E-state index >= 15 is 0 Å². The summed E-state index contributed by atoms with van der Waals surface area (Å²) in [7, 11) is 0. The van der Waals surface area contributed by atoms with E-state index in [1.807, 2.05) is 6.26 Å². The van der Waals surface area contributed by atoms with Crippen molar-refractivity contribution in [3.63, 3.8) is 0 Å². The third-order valence-electron chi connectivity index (χ3n) is 8.16. The Morgan fingerprint density at radius 2 is 1.19 bits per heavy atom. The number of ketones is 2. The molecule has 0 amide bonds. The van der Waals surface area contributed by atoms with E-state index < -0.39 is 5.97 Å². The molecular weight excluding hydrogens is 651 g/mol. The van der Waals surface area contributed by atoms with Gasteiger partial charge in [-0.1, -0.05) is 44.9 Å². The normalized spacial score (nSPS) is 17.6. The first-order valence-electron chi connectivity index (χ1n) is 18.0. The van der Waals surface area contributed by atoms with Gasteiger partial charge in [0.05, 0.1) is 19.8 Å². The molecule has 4 rings (SSSR count). The van der Waals surface area contributed by atoms with Crippen molar-refractivity contribution in [1.29, 1.82) is 0 Å². The van der Waals surface area contributed by atoms with Gasteiger partial charge in [-0.05, 0) is 116 Å². The van der Waals surface area contributed by atoms with Gasteiger partial charge in [0, 0.05) is 12.8 Å². The smallest absolute Gasteiger partial charge is 0.373 e. The monoisotopic (exact) mass is 720 g/mol. The molecule has 3 N–H and O–H groups in total. The quantitative estimate of drug-likeness (QED) is 0.150. The molecule has 0 unspecified atom stereocenters. The van der Waals surface area contributed by atoms with Crippen LogP contribution in [0.15, 0.2) is 0 Å². The second-order valence-electron chi connectivity index (χ2n) is 12.5. The van der Waals surface area contributed by atoms with Gasteiger partial charge in [0.2, 0.25) is 0 Å². The molecule has 4 fully saturated rings. The topological polar surface area (TPSA) is 146 Å². The Morgan fingerprint density at radius 1 is 0.771 bits per heavy atom. The van der Waals surface area contributed by atoms with Crippen LogP contribution < -0.4 is 5.32 Å². The van der Waals surface area contributed by atoms with E-state index in [-0.39, 0.29) is 18.4 Å². The fourth-order valence-electron chi connectivity index (χ4n) is 5.58. The van der Waals surface area contributed by atoms with Crippen molar-refractivity contribution < 1.29 is 39.2 Å². The molecule has 3 heterocycles. The number of carboxylic acid groups (broad SMARTS) is 1. The lowest BCUT2D eigenvalue weighted by molar-refractivity contribution is -0.662. The fourth-order valence-corrected chi connectivity index (χ4v) is 6.07. The lowest BCUT2D eigenvalue weighted by atomic mass is 9.86. The van der Waals surface area contributed by atoms with Gasteiger partial charge >= 0.3 is 12.1 Å². The number of hydrogen-bond donors (Lipinski definition) is 3. The maximum Gasteiger partial charge on any atom is 0.373 e. The standard InChI is InChI=1S/C11H22N2.C10H18O.C5H11N.C5H10OS.C3H4O3.CO2.CH4S/c1-3-7-12(8-4-1)11-13-9-5-2-6-10-13;1-9(11)7-8-10-5-3-2-4-6-10;1-2-4-6-5-3-1;1-5(6)3-4-7-2;4-2-1-3(5)6;2-1-3;1-2/h1-11H2;10H,2-8H2,1H3;6H,1-5H2;3-4H2,1-2H3;2H,1H2,(H,5,6);;2H,1H3/p+1. The van der Waals surface area contributed by atoms with E-state index in [2.05, 4.69) is 27.7 Å². The number of Topliss-reactive ketones (excluding diaryl/α,β-unsaturated/α-hetero) is 2. The summed E-state index contributed by atoms with van der Waals surface area (Å²) in [6.45, 7) is 12.7. The summed E-state index contributed by atoms with van der Waals surface area (Å²) in [6, 6.07) is 0. The molecule has 1 saturated carbocycles. The molecule has 0 aromatic heterocycles. The Hall–Kier alpha value is -1.56. The molecule has 0 atom stereocenters. The van der Waals surface area contributed by atoms with Gasteiger partial charge < -0.3 is 20.0 Å². The van der Waals surface area contributed by atoms with E-state index in [9.17, 15) is 19.2 Å². The second kappa shape index (κ2) is 41.6. The second-order valence-corrected chi connectivity index (χ2v) is 13.4. The van der Waals surface area contributed by atoms with Crippen LogP contribution in [0.3, 0.4) is 0 Å². The van der Waals surface area contributed by atoms with Crippen molar-refractivity contribution in [1.82, 2.24) is 9.80 Å². The molecule has 3 saturated heterocycles. The molecular formula is C36H70N3O7S2+. The predicted octanol–water partition coefficient (Wildman–Crippen LogP) is 5.54. The van der Waals surface area contributed by atoms with E-state index in [0.717, 1.165) is 30.9 Å². The minimum absolute atomic E-state index is 0.250. The van der Waals surface area contributed by atoms with Gasteiger partial charge in [0.25, 0.3) is 0 Å². The van der Waals surface area contributed by atoms with Crippen molar-refractivity contribution in [3.05, 3.63) is 0 Å². The number of nitrogens with zero attached hydrogens (tertiary/aromatic N) is 2. The molecule has 4 aliphatic rings. The third-order valence-corrected chi connectivity index (χ3v) is 8.77. The van der Waals surface area contributed by atoms with Crippen molar-refractivity contribution in [2.45, 2.75) is 129 Å². The van der Waals surface area contributed by atoms with Crippen molar-refractivity contribution in [2.24, 2.45) is 5.92 Å². The van der Waals surface area contributed by atoms with Crippen LogP contribution in [0.1, 0.15) is 129 Å². The molecule has 3 aliphatic heterocycles. The number of thiol groups is 1. The number of carbonyl (C=O) groups excluding carboxylic acids is 5. The van der Waals surface area contributed by atoms with Crippen LogP contribution in [-0.2, 0) is 28.8 Å². The Balaban J connectivity index is -0.000000527. The highest BCUT2D eigenvalue weighted by molar-refractivity contribution is 7.98. The first-order chi connectivity index (χ1) is 23.2. The zero-order valence-corrected chi connectivity index (χ0v) is 32.5. The van der Waals surface area contributed by atoms with E-state index in [4.69, 9.17) is 14.7 Å². The van der Waals surface area contributed by atoms with Crippen molar-refractivity contribution in [3.8, 4) is 0 Å². The Kier molecular flexibility index (Phi) is 44.1.